The van der Waals surface area contributed by atoms with Gasteiger partial charge in [-0.3, -0.25) is 9.59 Å². The lowest BCUT2D eigenvalue weighted by atomic mass is 10.1. The standard InChI is InChI=1S/C19H20BrNO3S/c1-13(22)17-10-15(20)6-9-18(17)24-12-19(23)21(2)11-14-4-7-16(25-3)8-5-14/h4-10H,11-12H2,1-3H3. The van der Waals surface area contributed by atoms with E-state index in [1.54, 1.807) is 41.9 Å². The molecule has 1 amide bonds. The zero-order valence-corrected chi connectivity index (χ0v) is 16.8. The summed E-state index contributed by atoms with van der Waals surface area (Å²) in [6.45, 7) is 1.87. The molecule has 4 nitrogen and oxygen atoms in total. The number of hydrogen-bond donors (Lipinski definition) is 0. The third-order valence-corrected chi connectivity index (χ3v) is 4.91. The highest BCUT2D eigenvalue weighted by molar-refractivity contribution is 9.10. The highest BCUT2D eigenvalue weighted by Gasteiger charge is 2.14. The van der Waals surface area contributed by atoms with Crippen LogP contribution in [0.1, 0.15) is 22.8 Å². The summed E-state index contributed by atoms with van der Waals surface area (Å²) in [6.07, 6.45) is 2.03. The van der Waals surface area contributed by atoms with Crippen LogP contribution in [0.3, 0.4) is 0 Å². The van der Waals surface area contributed by atoms with Gasteiger partial charge in [0, 0.05) is 23.0 Å². The van der Waals surface area contributed by atoms with Gasteiger partial charge in [-0.25, -0.2) is 0 Å². The SMILES string of the molecule is CSc1ccc(CN(C)C(=O)COc2ccc(Br)cc2C(C)=O)cc1. The van der Waals surface area contributed by atoms with Crippen LogP contribution < -0.4 is 4.74 Å². The number of amides is 1. The smallest absolute Gasteiger partial charge is 0.260 e. The quantitative estimate of drug-likeness (QED) is 0.490. The van der Waals surface area contributed by atoms with Crippen LogP contribution in [0.15, 0.2) is 51.8 Å². The van der Waals surface area contributed by atoms with Gasteiger partial charge >= 0.3 is 0 Å². The summed E-state index contributed by atoms with van der Waals surface area (Å²) in [5, 5.41) is 0. The summed E-state index contributed by atoms with van der Waals surface area (Å²) in [6, 6.07) is 13.3. The first kappa shape index (κ1) is 19.5. The molecule has 0 saturated carbocycles. The molecule has 0 saturated heterocycles. The van der Waals surface area contributed by atoms with Crippen LogP contribution in [0.2, 0.25) is 0 Å². The van der Waals surface area contributed by atoms with Gasteiger partial charge in [0.25, 0.3) is 5.91 Å². The lowest BCUT2D eigenvalue weighted by Gasteiger charge is -2.18. The number of ether oxygens (including phenoxy) is 1. The van der Waals surface area contributed by atoms with E-state index in [2.05, 4.69) is 15.9 Å². The second-order valence-electron chi connectivity index (χ2n) is 5.58. The Morgan fingerprint density at radius 3 is 2.44 bits per heavy atom. The zero-order valence-electron chi connectivity index (χ0n) is 14.4. The third-order valence-electron chi connectivity index (χ3n) is 3.68. The number of halogens is 1. The topological polar surface area (TPSA) is 46.6 Å². The van der Waals surface area contributed by atoms with Gasteiger partial charge in [0.1, 0.15) is 5.75 Å². The highest BCUT2D eigenvalue weighted by atomic mass is 79.9. The maximum Gasteiger partial charge on any atom is 0.260 e. The lowest BCUT2D eigenvalue weighted by Crippen LogP contribution is -2.31. The van der Waals surface area contributed by atoms with Gasteiger partial charge in [-0.1, -0.05) is 28.1 Å². The largest absolute Gasteiger partial charge is 0.483 e. The minimum atomic E-state index is -0.147. The fourth-order valence-corrected chi connectivity index (χ4v) is 3.02. The molecule has 2 rings (SSSR count). The molecule has 0 aliphatic carbocycles. The Morgan fingerprint density at radius 2 is 1.84 bits per heavy atom. The number of benzene rings is 2. The van der Waals surface area contributed by atoms with Crippen molar-refractivity contribution in [3.63, 3.8) is 0 Å². The molecule has 6 heteroatoms. The normalized spacial score (nSPS) is 10.4. The molecule has 0 spiro atoms. The van der Waals surface area contributed by atoms with Crippen molar-refractivity contribution in [1.29, 1.82) is 0 Å². The molecule has 0 aliphatic heterocycles. The molecule has 0 bridgehead atoms. The first-order chi connectivity index (χ1) is 11.9. The second-order valence-corrected chi connectivity index (χ2v) is 7.38. The molecule has 0 aromatic heterocycles. The number of carbonyl (C=O) groups is 2. The Labute approximate surface area is 160 Å². The number of Topliss-reactive ketones (excluding diaryl/α,β-unsaturated/α-hetero) is 1. The molecule has 0 N–H and O–H groups in total. The van der Waals surface area contributed by atoms with E-state index in [1.807, 2.05) is 30.5 Å². The number of ketones is 1. The summed E-state index contributed by atoms with van der Waals surface area (Å²) in [5.74, 6) is 0.166. The van der Waals surface area contributed by atoms with Gasteiger partial charge in [-0.15, -0.1) is 11.8 Å². The van der Waals surface area contributed by atoms with Crippen molar-refractivity contribution in [2.75, 3.05) is 19.9 Å². The number of carbonyl (C=O) groups excluding carboxylic acids is 2. The molecule has 25 heavy (non-hydrogen) atoms. The van der Waals surface area contributed by atoms with Crippen molar-refractivity contribution < 1.29 is 14.3 Å². The maximum absolute atomic E-state index is 12.3. The molecular weight excluding hydrogens is 402 g/mol. The van der Waals surface area contributed by atoms with Crippen LogP contribution in [0.5, 0.6) is 5.75 Å². The zero-order chi connectivity index (χ0) is 18.4. The van der Waals surface area contributed by atoms with Crippen LogP contribution in [0.4, 0.5) is 0 Å². The first-order valence-corrected chi connectivity index (χ1v) is 9.72. The summed E-state index contributed by atoms with van der Waals surface area (Å²) < 4.78 is 6.37. The molecular formula is C19H20BrNO3S. The molecule has 0 fully saturated rings. The van der Waals surface area contributed by atoms with E-state index in [4.69, 9.17) is 4.74 Å². The minimum Gasteiger partial charge on any atom is -0.483 e. The van der Waals surface area contributed by atoms with E-state index < -0.39 is 0 Å². The fourth-order valence-electron chi connectivity index (χ4n) is 2.25. The number of likely N-dealkylation sites (N-methyl/N-ethyl adjacent to an activating group) is 1. The Kier molecular flexibility index (Phi) is 7.08. The van der Waals surface area contributed by atoms with Gasteiger partial charge in [-0.05, 0) is 49.1 Å². The molecule has 2 aromatic rings. The molecule has 0 atom stereocenters. The maximum atomic E-state index is 12.3. The number of hydrogen-bond acceptors (Lipinski definition) is 4. The van der Waals surface area contributed by atoms with Gasteiger partial charge in [0.15, 0.2) is 12.4 Å². The molecule has 0 unspecified atom stereocenters. The van der Waals surface area contributed by atoms with Crippen LogP contribution in [0.25, 0.3) is 0 Å². The van der Waals surface area contributed by atoms with Crippen molar-refractivity contribution in [3.05, 3.63) is 58.1 Å². The van der Waals surface area contributed by atoms with E-state index in [0.29, 0.717) is 17.9 Å². The number of nitrogens with zero attached hydrogens (tertiary/aromatic N) is 1. The van der Waals surface area contributed by atoms with E-state index >= 15 is 0 Å². The van der Waals surface area contributed by atoms with Crippen LogP contribution in [-0.2, 0) is 11.3 Å². The Bertz CT molecular complexity index is 762. The number of rotatable bonds is 7. The Hall–Kier alpha value is -1.79. The third kappa shape index (κ3) is 5.61. The van der Waals surface area contributed by atoms with E-state index in [1.165, 1.54) is 11.8 Å². The van der Waals surface area contributed by atoms with Gasteiger partial charge in [0.05, 0.1) is 5.56 Å². The van der Waals surface area contributed by atoms with E-state index in [0.717, 1.165) is 10.0 Å². The van der Waals surface area contributed by atoms with Crippen LogP contribution in [-0.4, -0.2) is 36.5 Å². The van der Waals surface area contributed by atoms with Crippen molar-refractivity contribution in [2.24, 2.45) is 0 Å². The molecule has 132 valence electrons. The van der Waals surface area contributed by atoms with Gasteiger partial charge in [0.2, 0.25) is 0 Å². The lowest BCUT2D eigenvalue weighted by molar-refractivity contribution is -0.132. The Morgan fingerprint density at radius 1 is 1.16 bits per heavy atom. The summed E-state index contributed by atoms with van der Waals surface area (Å²) in [4.78, 5) is 26.8. The van der Waals surface area contributed by atoms with Crippen molar-refractivity contribution >= 4 is 39.4 Å². The average Bonchev–Trinajstić information content (AvgIpc) is 2.60. The minimum absolute atomic E-state index is 0.106. The molecule has 0 aliphatic rings. The summed E-state index contributed by atoms with van der Waals surface area (Å²) >= 11 is 5.01. The first-order valence-electron chi connectivity index (χ1n) is 7.71. The van der Waals surface area contributed by atoms with Gasteiger partial charge < -0.3 is 9.64 Å². The summed E-state index contributed by atoms with van der Waals surface area (Å²) in [5.41, 5.74) is 1.51. The van der Waals surface area contributed by atoms with Crippen molar-refractivity contribution in [1.82, 2.24) is 4.90 Å². The molecule has 0 radical (unpaired) electrons. The average molecular weight is 422 g/mol. The van der Waals surface area contributed by atoms with E-state index in [9.17, 15) is 9.59 Å². The van der Waals surface area contributed by atoms with E-state index in [-0.39, 0.29) is 18.3 Å². The second kappa shape index (κ2) is 9.06. The van der Waals surface area contributed by atoms with Crippen LogP contribution >= 0.6 is 27.7 Å². The highest BCUT2D eigenvalue weighted by Crippen LogP contribution is 2.24. The summed E-state index contributed by atoms with van der Waals surface area (Å²) in [7, 11) is 1.74. The number of thioether (sulfide) groups is 1. The predicted octanol–water partition coefficient (Wildman–Crippen LogP) is 4.41. The van der Waals surface area contributed by atoms with Gasteiger partial charge in [-0.2, -0.15) is 0 Å². The van der Waals surface area contributed by atoms with Crippen molar-refractivity contribution in [2.45, 2.75) is 18.4 Å². The Balaban J connectivity index is 1.96. The molecule has 0 heterocycles. The van der Waals surface area contributed by atoms with Crippen LogP contribution in [0, 0.1) is 0 Å². The fraction of sp³-hybridized carbons (Fsp3) is 0.263. The monoisotopic (exact) mass is 421 g/mol. The predicted molar refractivity (Wildman–Crippen MR) is 104 cm³/mol. The van der Waals surface area contributed by atoms with Crippen molar-refractivity contribution in [3.8, 4) is 5.75 Å². The molecule has 2 aromatic carbocycles.